The van der Waals surface area contributed by atoms with Gasteiger partial charge in [0.05, 0.1) is 0 Å². The molecule has 3 heteroatoms. The third-order valence-corrected chi connectivity index (χ3v) is 3.75. The number of nitrogens with zero attached hydrogens (tertiary/aromatic N) is 1. The Morgan fingerprint density at radius 2 is 2.00 bits per heavy atom. The zero-order valence-corrected chi connectivity index (χ0v) is 12.2. The van der Waals surface area contributed by atoms with E-state index in [1.54, 1.807) is 0 Å². The summed E-state index contributed by atoms with van der Waals surface area (Å²) in [6, 6.07) is 8.40. The summed E-state index contributed by atoms with van der Waals surface area (Å²) in [6.07, 6.45) is 0.942. The number of amides is 1. The number of aromatic nitrogens is 1. The Labute approximate surface area is 114 Å². The van der Waals surface area contributed by atoms with Gasteiger partial charge in [-0.1, -0.05) is 25.1 Å². The van der Waals surface area contributed by atoms with Crippen molar-refractivity contribution in [1.29, 1.82) is 0 Å². The lowest BCUT2D eigenvalue weighted by Crippen LogP contribution is -2.33. The second-order valence-electron chi connectivity index (χ2n) is 5.02. The zero-order chi connectivity index (χ0) is 14.0. The number of fused-ring (bicyclic) bond motifs is 1. The number of carbonyl (C=O) groups excluding carboxylic acids is 1. The standard InChI is InChI=1S/C16H22N2O/c1-5-11(3)17-16(19)15-12(4)13-9-7-8-10-14(13)18(15)6-2/h7-11H,5-6H2,1-4H3,(H,17,19). The minimum atomic E-state index is 0.0323. The van der Waals surface area contributed by atoms with Crippen LogP contribution in [0.5, 0.6) is 0 Å². The monoisotopic (exact) mass is 258 g/mol. The van der Waals surface area contributed by atoms with Crippen LogP contribution >= 0.6 is 0 Å². The molecule has 0 saturated carbocycles. The van der Waals surface area contributed by atoms with E-state index in [2.05, 4.69) is 35.9 Å². The van der Waals surface area contributed by atoms with Crippen LogP contribution in [0.3, 0.4) is 0 Å². The molecule has 0 saturated heterocycles. The Morgan fingerprint density at radius 1 is 1.32 bits per heavy atom. The van der Waals surface area contributed by atoms with Gasteiger partial charge in [-0.2, -0.15) is 0 Å². The number of hydrogen-bond acceptors (Lipinski definition) is 1. The van der Waals surface area contributed by atoms with Crippen molar-refractivity contribution >= 4 is 16.8 Å². The van der Waals surface area contributed by atoms with Gasteiger partial charge >= 0.3 is 0 Å². The largest absolute Gasteiger partial charge is 0.348 e. The van der Waals surface area contributed by atoms with Gasteiger partial charge in [0.1, 0.15) is 5.69 Å². The second kappa shape index (κ2) is 5.47. The lowest BCUT2D eigenvalue weighted by Gasteiger charge is -2.14. The van der Waals surface area contributed by atoms with E-state index in [0.717, 1.165) is 29.7 Å². The van der Waals surface area contributed by atoms with E-state index in [1.165, 1.54) is 5.39 Å². The van der Waals surface area contributed by atoms with E-state index in [1.807, 2.05) is 26.0 Å². The van der Waals surface area contributed by atoms with Crippen molar-refractivity contribution in [3.05, 3.63) is 35.5 Å². The summed E-state index contributed by atoms with van der Waals surface area (Å²) in [5.74, 6) is 0.0323. The Kier molecular flexibility index (Phi) is 3.93. The molecule has 3 nitrogen and oxygen atoms in total. The Morgan fingerprint density at radius 3 is 2.63 bits per heavy atom. The summed E-state index contributed by atoms with van der Waals surface area (Å²) in [6.45, 7) is 9.02. The quantitative estimate of drug-likeness (QED) is 0.894. The van der Waals surface area contributed by atoms with Gasteiger partial charge in [-0.3, -0.25) is 4.79 Å². The summed E-state index contributed by atoms with van der Waals surface area (Å²) in [7, 11) is 0. The average Bonchev–Trinajstić information content (AvgIpc) is 2.71. The molecular formula is C16H22N2O. The fourth-order valence-corrected chi connectivity index (χ4v) is 2.49. The molecule has 0 aliphatic carbocycles. The maximum Gasteiger partial charge on any atom is 0.268 e. The van der Waals surface area contributed by atoms with Crippen LogP contribution in [0.15, 0.2) is 24.3 Å². The van der Waals surface area contributed by atoms with E-state index in [0.29, 0.717) is 0 Å². The van der Waals surface area contributed by atoms with Crippen LogP contribution in [-0.4, -0.2) is 16.5 Å². The van der Waals surface area contributed by atoms with Crippen LogP contribution in [0.25, 0.3) is 10.9 Å². The average molecular weight is 258 g/mol. The molecule has 1 unspecified atom stereocenters. The van der Waals surface area contributed by atoms with Gasteiger partial charge in [0, 0.05) is 23.5 Å². The van der Waals surface area contributed by atoms with Gasteiger partial charge in [-0.05, 0) is 38.8 Å². The Hall–Kier alpha value is -1.77. The molecule has 2 rings (SSSR count). The molecule has 0 fully saturated rings. The summed E-state index contributed by atoms with van der Waals surface area (Å²) in [5, 5.41) is 4.23. The zero-order valence-electron chi connectivity index (χ0n) is 12.2. The highest BCUT2D eigenvalue weighted by Gasteiger charge is 2.19. The summed E-state index contributed by atoms with van der Waals surface area (Å²) >= 11 is 0. The molecule has 1 N–H and O–H groups in total. The molecule has 1 aromatic carbocycles. The minimum Gasteiger partial charge on any atom is -0.348 e. The number of nitrogens with one attached hydrogen (secondary N) is 1. The molecule has 1 heterocycles. The molecular weight excluding hydrogens is 236 g/mol. The van der Waals surface area contributed by atoms with Crippen molar-refractivity contribution in [3.63, 3.8) is 0 Å². The van der Waals surface area contributed by atoms with Gasteiger partial charge < -0.3 is 9.88 Å². The number of hydrogen-bond donors (Lipinski definition) is 1. The molecule has 2 aromatic rings. The summed E-state index contributed by atoms with van der Waals surface area (Å²) in [5.41, 5.74) is 3.00. The first-order chi connectivity index (χ1) is 9.10. The SMILES string of the molecule is CCC(C)NC(=O)c1c(C)c2ccccc2n1CC. The molecule has 0 aliphatic heterocycles. The molecule has 0 spiro atoms. The van der Waals surface area contributed by atoms with E-state index in [-0.39, 0.29) is 11.9 Å². The normalized spacial score (nSPS) is 12.6. The Bertz CT molecular complexity index is 598. The highest BCUT2D eigenvalue weighted by Crippen LogP contribution is 2.25. The first-order valence-corrected chi connectivity index (χ1v) is 6.98. The van der Waals surface area contributed by atoms with Crippen molar-refractivity contribution in [2.45, 2.75) is 46.7 Å². The molecule has 19 heavy (non-hydrogen) atoms. The highest BCUT2D eigenvalue weighted by molar-refractivity contribution is 6.01. The second-order valence-corrected chi connectivity index (χ2v) is 5.02. The van der Waals surface area contributed by atoms with Gasteiger partial charge in [-0.25, -0.2) is 0 Å². The highest BCUT2D eigenvalue weighted by atomic mass is 16.2. The lowest BCUT2D eigenvalue weighted by molar-refractivity contribution is 0.0930. The fraction of sp³-hybridized carbons (Fsp3) is 0.438. The van der Waals surface area contributed by atoms with E-state index in [4.69, 9.17) is 0 Å². The predicted molar refractivity (Wildman–Crippen MR) is 79.6 cm³/mol. The minimum absolute atomic E-state index is 0.0323. The van der Waals surface area contributed by atoms with E-state index >= 15 is 0 Å². The number of carbonyl (C=O) groups is 1. The first kappa shape index (κ1) is 13.7. The maximum atomic E-state index is 12.5. The van der Waals surface area contributed by atoms with Crippen molar-refractivity contribution < 1.29 is 4.79 Å². The van der Waals surface area contributed by atoms with Crippen LogP contribution in [0.1, 0.15) is 43.2 Å². The molecule has 1 aromatic heterocycles. The van der Waals surface area contributed by atoms with E-state index in [9.17, 15) is 4.79 Å². The third kappa shape index (κ3) is 2.37. The maximum absolute atomic E-state index is 12.5. The van der Waals surface area contributed by atoms with Crippen LogP contribution in [0, 0.1) is 6.92 Å². The van der Waals surface area contributed by atoms with E-state index < -0.39 is 0 Å². The fourth-order valence-electron chi connectivity index (χ4n) is 2.49. The van der Waals surface area contributed by atoms with Crippen LogP contribution in [0.4, 0.5) is 0 Å². The Balaban J connectivity index is 2.53. The van der Waals surface area contributed by atoms with Gasteiger partial charge in [0.2, 0.25) is 0 Å². The van der Waals surface area contributed by atoms with Crippen LogP contribution in [-0.2, 0) is 6.54 Å². The van der Waals surface area contributed by atoms with Crippen molar-refractivity contribution in [3.8, 4) is 0 Å². The summed E-state index contributed by atoms with van der Waals surface area (Å²) < 4.78 is 2.10. The summed E-state index contributed by atoms with van der Waals surface area (Å²) in [4.78, 5) is 12.5. The molecule has 102 valence electrons. The van der Waals surface area contributed by atoms with Crippen LogP contribution < -0.4 is 5.32 Å². The van der Waals surface area contributed by atoms with Crippen molar-refractivity contribution in [1.82, 2.24) is 9.88 Å². The molecule has 0 bridgehead atoms. The number of para-hydroxylation sites is 1. The topological polar surface area (TPSA) is 34.0 Å². The van der Waals surface area contributed by atoms with Crippen LogP contribution in [0.2, 0.25) is 0 Å². The van der Waals surface area contributed by atoms with Gasteiger partial charge in [-0.15, -0.1) is 0 Å². The number of benzene rings is 1. The van der Waals surface area contributed by atoms with Crippen molar-refractivity contribution in [2.24, 2.45) is 0 Å². The third-order valence-electron chi connectivity index (χ3n) is 3.75. The lowest BCUT2D eigenvalue weighted by atomic mass is 10.1. The van der Waals surface area contributed by atoms with Crippen molar-refractivity contribution in [2.75, 3.05) is 0 Å². The molecule has 1 amide bonds. The molecule has 1 atom stereocenters. The van der Waals surface area contributed by atoms with Gasteiger partial charge in [0.25, 0.3) is 5.91 Å². The van der Waals surface area contributed by atoms with Gasteiger partial charge in [0.15, 0.2) is 0 Å². The number of aryl methyl sites for hydroxylation is 2. The smallest absolute Gasteiger partial charge is 0.268 e. The number of rotatable bonds is 4. The molecule has 0 aliphatic rings. The predicted octanol–water partition coefficient (Wildman–Crippen LogP) is 3.50. The first-order valence-electron chi connectivity index (χ1n) is 6.98. The molecule has 0 radical (unpaired) electrons.